The van der Waals surface area contributed by atoms with Gasteiger partial charge < -0.3 is 14.5 Å². The van der Waals surface area contributed by atoms with Crippen LogP contribution in [-0.2, 0) is 4.79 Å². The average Bonchev–Trinajstić information content (AvgIpc) is 2.74. The molecule has 1 fully saturated rings. The van der Waals surface area contributed by atoms with Crippen LogP contribution in [0.4, 0.5) is 0 Å². The van der Waals surface area contributed by atoms with Crippen LogP contribution < -0.4 is 0 Å². The molecule has 7 nitrogen and oxygen atoms in total. The zero-order valence-corrected chi connectivity index (χ0v) is 10.3. The zero-order valence-electron chi connectivity index (χ0n) is 10.3. The molecule has 2 unspecified atom stereocenters. The second-order valence-corrected chi connectivity index (χ2v) is 4.54. The van der Waals surface area contributed by atoms with Crippen LogP contribution in [0.25, 0.3) is 0 Å². The summed E-state index contributed by atoms with van der Waals surface area (Å²) in [5, 5.41) is 12.8. The lowest BCUT2D eigenvalue weighted by molar-refractivity contribution is -0.145. The van der Waals surface area contributed by atoms with Gasteiger partial charge in [0.2, 0.25) is 5.89 Å². The first kappa shape index (κ1) is 12.5. The highest BCUT2D eigenvalue weighted by Crippen LogP contribution is 2.24. The van der Waals surface area contributed by atoms with Crippen molar-refractivity contribution in [2.45, 2.75) is 32.7 Å². The van der Waals surface area contributed by atoms with Gasteiger partial charge in [-0.3, -0.25) is 4.79 Å². The van der Waals surface area contributed by atoms with E-state index in [9.17, 15) is 14.7 Å². The van der Waals surface area contributed by atoms with Crippen LogP contribution in [0, 0.1) is 12.8 Å². The summed E-state index contributed by atoms with van der Waals surface area (Å²) < 4.78 is 4.74. The molecule has 0 radical (unpaired) electrons. The molecule has 2 rings (SSSR count). The van der Waals surface area contributed by atoms with Crippen LogP contribution in [0.5, 0.6) is 0 Å². The molecule has 0 aliphatic carbocycles. The first-order valence-corrected chi connectivity index (χ1v) is 5.85. The Morgan fingerprint density at radius 3 is 2.78 bits per heavy atom. The lowest BCUT2D eigenvalue weighted by Gasteiger charge is -2.36. The molecule has 0 saturated carbocycles. The normalized spacial score (nSPS) is 24.0. The molecule has 1 aromatic heterocycles. The zero-order chi connectivity index (χ0) is 13.3. The van der Waals surface area contributed by atoms with Crippen LogP contribution in [-0.4, -0.2) is 44.6 Å². The molecule has 18 heavy (non-hydrogen) atoms. The molecule has 2 atom stereocenters. The highest BCUT2D eigenvalue weighted by Gasteiger charge is 2.38. The minimum atomic E-state index is -0.990. The molecule has 1 aliphatic rings. The van der Waals surface area contributed by atoms with Gasteiger partial charge in [-0.05, 0) is 18.8 Å². The van der Waals surface area contributed by atoms with Crippen LogP contribution in [0.15, 0.2) is 4.52 Å². The minimum Gasteiger partial charge on any atom is -0.480 e. The van der Waals surface area contributed by atoms with Gasteiger partial charge >= 0.3 is 5.97 Å². The van der Waals surface area contributed by atoms with E-state index in [1.54, 1.807) is 6.92 Å². The van der Waals surface area contributed by atoms with Gasteiger partial charge in [0.25, 0.3) is 11.7 Å². The molecule has 2 heterocycles. The third kappa shape index (κ3) is 2.20. The number of carboxylic acids is 1. The van der Waals surface area contributed by atoms with Crippen molar-refractivity contribution in [1.82, 2.24) is 15.0 Å². The fourth-order valence-electron chi connectivity index (χ4n) is 2.31. The molecule has 1 aliphatic heterocycles. The summed E-state index contributed by atoms with van der Waals surface area (Å²) in [7, 11) is 0. The highest BCUT2D eigenvalue weighted by molar-refractivity contribution is 5.93. The number of hydrogen-bond acceptors (Lipinski definition) is 5. The summed E-state index contributed by atoms with van der Waals surface area (Å²) >= 11 is 0. The van der Waals surface area contributed by atoms with Crippen molar-refractivity contribution in [3.05, 3.63) is 11.7 Å². The second-order valence-electron chi connectivity index (χ2n) is 4.54. The summed E-state index contributed by atoms with van der Waals surface area (Å²) in [6.07, 6.45) is 1.58. The number of aliphatic carboxylic acids is 1. The molecule has 7 heteroatoms. The van der Waals surface area contributed by atoms with Crippen LogP contribution in [0.3, 0.4) is 0 Å². The predicted molar refractivity (Wildman–Crippen MR) is 59.9 cm³/mol. The number of nitrogens with zero attached hydrogens (tertiary/aromatic N) is 3. The quantitative estimate of drug-likeness (QED) is 0.833. The van der Waals surface area contributed by atoms with Crippen molar-refractivity contribution in [2.75, 3.05) is 6.54 Å². The topological polar surface area (TPSA) is 96.5 Å². The van der Waals surface area contributed by atoms with Crippen molar-refractivity contribution < 1.29 is 19.2 Å². The van der Waals surface area contributed by atoms with Crippen molar-refractivity contribution in [1.29, 1.82) is 0 Å². The molecular formula is C11H15N3O4. The Morgan fingerprint density at radius 2 is 2.22 bits per heavy atom. The molecule has 98 valence electrons. The summed E-state index contributed by atoms with van der Waals surface area (Å²) in [5.74, 6) is -1.34. The van der Waals surface area contributed by atoms with Gasteiger partial charge in [0.05, 0.1) is 0 Å². The third-order valence-corrected chi connectivity index (χ3v) is 3.17. The lowest BCUT2D eigenvalue weighted by atomic mass is 9.90. The molecule has 0 spiro atoms. The van der Waals surface area contributed by atoms with Crippen molar-refractivity contribution in [3.63, 3.8) is 0 Å². The maximum atomic E-state index is 12.2. The maximum absolute atomic E-state index is 12.2. The summed E-state index contributed by atoms with van der Waals surface area (Å²) in [6, 6.07) is -0.815. The van der Waals surface area contributed by atoms with Gasteiger partial charge in [0.15, 0.2) is 0 Å². The second kappa shape index (κ2) is 4.75. The molecule has 1 N–H and O–H groups in total. The van der Waals surface area contributed by atoms with Crippen LogP contribution in [0.2, 0.25) is 0 Å². The standard InChI is InChI=1S/C11H15N3O4/c1-6-4-3-5-14(8(6)11(16)17)10(15)9-12-7(2)18-13-9/h6,8H,3-5H2,1-2H3,(H,16,17). The van der Waals surface area contributed by atoms with Crippen LogP contribution in [0.1, 0.15) is 36.3 Å². The van der Waals surface area contributed by atoms with E-state index in [1.807, 2.05) is 6.92 Å². The van der Waals surface area contributed by atoms with E-state index >= 15 is 0 Å². The summed E-state index contributed by atoms with van der Waals surface area (Å²) in [5.41, 5.74) is 0. The number of rotatable bonds is 2. The monoisotopic (exact) mass is 253 g/mol. The Bertz CT molecular complexity index is 471. The fraction of sp³-hybridized carbons (Fsp3) is 0.636. The van der Waals surface area contributed by atoms with Gasteiger partial charge in [0, 0.05) is 13.5 Å². The number of carbonyl (C=O) groups is 2. The first-order valence-electron chi connectivity index (χ1n) is 5.85. The van der Waals surface area contributed by atoms with E-state index in [4.69, 9.17) is 4.52 Å². The Hall–Kier alpha value is -1.92. The van der Waals surface area contributed by atoms with E-state index in [0.717, 1.165) is 12.8 Å². The number of likely N-dealkylation sites (tertiary alicyclic amines) is 1. The maximum Gasteiger partial charge on any atom is 0.326 e. The van der Waals surface area contributed by atoms with Gasteiger partial charge in [-0.1, -0.05) is 12.1 Å². The fourth-order valence-corrected chi connectivity index (χ4v) is 2.31. The smallest absolute Gasteiger partial charge is 0.326 e. The Labute approximate surface area is 104 Å². The molecule has 1 amide bonds. The number of carbonyl (C=O) groups excluding carboxylic acids is 1. The SMILES string of the molecule is Cc1nc(C(=O)N2CCCC(C)C2C(=O)O)no1. The van der Waals surface area contributed by atoms with Gasteiger partial charge in [-0.25, -0.2) is 4.79 Å². The van der Waals surface area contributed by atoms with Gasteiger partial charge in [-0.15, -0.1) is 0 Å². The predicted octanol–water partition coefficient (Wildman–Crippen LogP) is 0.703. The van der Waals surface area contributed by atoms with Crippen molar-refractivity contribution in [2.24, 2.45) is 5.92 Å². The number of hydrogen-bond donors (Lipinski definition) is 1. The number of carboxylic acid groups (broad SMARTS) is 1. The Kier molecular flexibility index (Phi) is 3.31. The van der Waals surface area contributed by atoms with E-state index in [2.05, 4.69) is 10.1 Å². The van der Waals surface area contributed by atoms with Gasteiger partial charge in [-0.2, -0.15) is 4.98 Å². The number of amides is 1. The Balaban J connectivity index is 2.24. The average molecular weight is 253 g/mol. The van der Waals surface area contributed by atoms with E-state index in [-0.39, 0.29) is 17.6 Å². The van der Waals surface area contributed by atoms with E-state index < -0.39 is 17.9 Å². The summed E-state index contributed by atoms with van der Waals surface area (Å²) in [4.78, 5) is 28.6. The number of aromatic nitrogens is 2. The van der Waals surface area contributed by atoms with Gasteiger partial charge in [0.1, 0.15) is 6.04 Å². The molecular weight excluding hydrogens is 238 g/mol. The summed E-state index contributed by atoms with van der Waals surface area (Å²) in [6.45, 7) is 3.82. The third-order valence-electron chi connectivity index (χ3n) is 3.17. The molecule has 0 bridgehead atoms. The first-order chi connectivity index (χ1) is 8.50. The van der Waals surface area contributed by atoms with Crippen molar-refractivity contribution in [3.8, 4) is 0 Å². The molecule has 0 aromatic carbocycles. The minimum absolute atomic E-state index is 0.0757. The highest BCUT2D eigenvalue weighted by atomic mass is 16.5. The lowest BCUT2D eigenvalue weighted by Crippen LogP contribution is -2.52. The number of piperidine rings is 1. The van der Waals surface area contributed by atoms with E-state index in [1.165, 1.54) is 4.90 Å². The van der Waals surface area contributed by atoms with Crippen molar-refractivity contribution >= 4 is 11.9 Å². The van der Waals surface area contributed by atoms with Crippen LogP contribution >= 0.6 is 0 Å². The number of aryl methyl sites for hydroxylation is 1. The molecule has 1 saturated heterocycles. The molecule has 1 aromatic rings. The largest absolute Gasteiger partial charge is 0.480 e. The van der Waals surface area contributed by atoms with E-state index in [0.29, 0.717) is 6.54 Å². The Morgan fingerprint density at radius 1 is 1.50 bits per heavy atom.